The number of ether oxygens (including phenoxy) is 3. The quantitative estimate of drug-likeness (QED) is 0.580. The van der Waals surface area contributed by atoms with Gasteiger partial charge in [-0.2, -0.15) is 0 Å². The number of carbonyl (C=O) groups is 1. The molecular weight excluding hydrogens is 396 g/mol. The summed E-state index contributed by atoms with van der Waals surface area (Å²) in [5, 5.41) is 0. The van der Waals surface area contributed by atoms with Crippen molar-refractivity contribution in [1.82, 2.24) is 0 Å². The second-order valence-electron chi connectivity index (χ2n) is 7.45. The highest BCUT2D eigenvalue weighted by molar-refractivity contribution is 6.13. The monoisotopic (exact) mass is 422 g/mol. The summed E-state index contributed by atoms with van der Waals surface area (Å²) in [7, 11) is 4.59. The number of anilines is 1. The predicted octanol–water partition coefficient (Wildman–Crippen LogP) is 3.74. The summed E-state index contributed by atoms with van der Waals surface area (Å²) in [6.45, 7) is 1.51. The van der Waals surface area contributed by atoms with Crippen molar-refractivity contribution in [2.45, 2.75) is 12.5 Å². The Morgan fingerprint density at radius 2 is 1.81 bits per heavy atom. The van der Waals surface area contributed by atoms with Crippen LogP contribution in [0.2, 0.25) is 0 Å². The van der Waals surface area contributed by atoms with E-state index < -0.39 is 0 Å². The maximum Gasteiger partial charge on any atom is 0.203 e. The SMILES string of the molecule is COc1cc(C(=O)c2cc(-c3ccco3)ccc2N2CC[C@H](N)C2)cc(OC)c1OC. The Bertz CT molecular complexity index is 1050. The average molecular weight is 422 g/mol. The van der Waals surface area contributed by atoms with Gasteiger partial charge in [-0.3, -0.25) is 4.79 Å². The molecule has 1 atom stereocenters. The fraction of sp³-hybridized carbons (Fsp3) is 0.292. The molecule has 0 unspecified atom stereocenters. The Morgan fingerprint density at radius 1 is 1.06 bits per heavy atom. The van der Waals surface area contributed by atoms with Crippen molar-refractivity contribution in [3.8, 4) is 28.6 Å². The summed E-state index contributed by atoms with van der Waals surface area (Å²) in [5.74, 6) is 1.85. The van der Waals surface area contributed by atoms with Gasteiger partial charge in [-0.05, 0) is 48.9 Å². The van der Waals surface area contributed by atoms with E-state index in [4.69, 9.17) is 24.4 Å². The van der Waals surface area contributed by atoms with Crippen LogP contribution in [0.5, 0.6) is 17.2 Å². The largest absolute Gasteiger partial charge is 0.493 e. The third-order valence-electron chi connectivity index (χ3n) is 5.54. The second-order valence-corrected chi connectivity index (χ2v) is 7.45. The van der Waals surface area contributed by atoms with Crippen LogP contribution in [0.3, 0.4) is 0 Å². The van der Waals surface area contributed by atoms with Gasteiger partial charge in [0.15, 0.2) is 17.3 Å². The van der Waals surface area contributed by atoms with Gasteiger partial charge >= 0.3 is 0 Å². The van der Waals surface area contributed by atoms with Crippen molar-refractivity contribution in [2.24, 2.45) is 5.73 Å². The van der Waals surface area contributed by atoms with Crippen molar-refractivity contribution in [1.29, 1.82) is 0 Å². The molecule has 1 saturated heterocycles. The van der Waals surface area contributed by atoms with Crippen molar-refractivity contribution in [2.75, 3.05) is 39.3 Å². The molecule has 1 fully saturated rings. The number of methoxy groups -OCH3 is 3. The lowest BCUT2D eigenvalue weighted by Crippen LogP contribution is -2.27. The minimum atomic E-state index is -0.150. The normalized spacial score (nSPS) is 15.7. The minimum absolute atomic E-state index is 0.0916. The van der Waals surface area contributed by atoms with Crippen LogP contribution < -0.4 is 24.8 Å². The highest BCUT2D eigenvalue weighted by Gasteiger charge is 2.26. The van der Waals surface area contributed by atoms with Crippen molar-refractivity contribution < 1.29 is 23.4 Å². The fourth-order valence-electron chi connectivity index (χ4n) is 3.96. The zero-order valence-corrected chi connectivity index (χ0v) is 17.9. The average Bonchev–Trinajstić information content (AvgIpc) is 3.49. The number of furan rings is 1. The van der Waals surface area contributed by atoms with Gasteiger partial charge in [0.1, 0.15) is 5.76 Å². The lowest BCUT2D eigenvalue weighted by Gasteiger charge is -2.22. The van der Waals surface area contributed by atoms with Gasteiger partial charge in [0.05, 0.1) is 27.6 Å². The first-order valence-corrected chi connectivity index (χ1v) is 10.1. The van der Waals surface area contributed by atoms with E-state index in [1.165, 1.54) is 21.3 Å². The Hall–Kier alpha value is -3.45. The van der Waals surface area contributed by atoms with Crippen LogP contribution >= 0.6 is 0 Å². The molecule has 0 aliphatic carbocycles. The van der Waals surface area contributed by atoms with E-state index in [1.807, 2.05) is 30.3 Å². The molecule has 0 bridgehead atoms. The third-order valence-corrected chi connectivity index (χ3v) is 5.54. The maximum atomic E-state index is 13.7. The Kier molecular flexibility index (Phi) is 5.86. The molecule has 7 heteroatoms. The lowest BCUT2D eigenvalue weighted by atomic mass is 9.97. The molecule has 3 aromatic rings. The predicted molar refractivity (Wildman–Crippen MR) is 118 cm³/mol. The summed E-state index contributed by atoms with van der Waals surface area (Å²) in [5.41, 5.74) is 8.81. The molecule has 0 spiro atoms. The van der Waals surface area contributed by atoms with Gasteiger partial charge in [0, 0.05) is 41.5 Å². The Balaban J connectivity index is 1.83. The summed E-state index contributed by atoms with van der Waals surface area (Å²) >= 11 is 0. The highest BCUT2D eigenvalue weighted by Crippen LogP contribution is 2.40. The summed E-state index contributed by atoms with van der Waals surface area (Å²) in [4.78, 5) is 15.9. The molecule has 7 nitrogen and oxygen atoms in total. The summed E-state index contributed by atoms with van der Waals surface area (Å²) in [6, 6.07) is 12.9. The molecule has 31 heavy (non-hydrogen) atoms. The standard InChI is InChI=1S/C24H26N2O5/c1-28-21-12-16(13-22(29-2)24(21)30-3)23(27)18-11-15(20-5-4-10-31-20)6-7-19(18)26-9-8-17(25)14-26/h4-7,10-13,17H,8-9,14,25H2,1-3H3/t17-/m0/s1. The summed E-state index contributed by atoms with van der Waals surface area (Å²) < 4.78 is 21.8. The first kappa shape index (κ1) is 20.8. The van der Waals surface area contributed by atoms with Crippen molar-refractivity contribution in [3.63, 3.8) is 0 Å². The van der Waals surface area contributed by atoms with Crippen molar-refractivity contribution in [3.05, 3.63) is 59.9 Å². The molecule has 0 radical (unpaired) electrons. The van der Waals surface area contributed by atoms with Crippen LogP contribution in [0.4, 0.5) is 5.69 Å². The number of benzene rings is 2. The van der Waals surface area contributed by atoms with Crippen LogP contribution in [0, 0.1) is 0 Å². The number of nitrogens with zero attached hydrogens (tertiary/aromatic N) is 1. The van der Waals surface area contributed by atoms with Gasteiger partial charge in [0.2, 0.25) is 5.75 Å². The molecule has 2 heterocycles. The molecule has 1 aromatic heterocycles. The van der Waals surface area contributed by atoms with E-state index in [0.29, 0.717) is 40.7 Å². The summed E-state index contributed by atoms with van der Waals surface area (Å²) in [6.07, 6.45) is 2.50. The van der Waals surface area contributed by atoms with E-state index in [0.717, 1.165) is 24.2 Å². The molecule has 1 aliphatic rings. The van der Waals surface area contributed by atoms with Gasteiger partial charge < -0.3 is 29.3 Å². The molecule has 4 rings (SSSR count). The number of rotatable bonds is 7. The smallest absolute Gasteiger partial charge is 0.203 e. The lowest BCUT2D eigenvalue weighted by molar-refractivity contribution is 0.103. The Morgan fingerprint density at radius 3 is 2.35 bits per heavy atom. The van der Waals surface area contributed by atoms with Crippen molar-refractivity contribution >= 4 is 11.5 Å². The number of ketones is 1. The second kappa shape index (κ2) is 8.73. The van der Waals surface area contributed by atoms with Crippen LogP contribution in [0.25, 0.3) is 11.3 Å². The van der Waals surface area contributed by atoms with E-state index in [1.54, 1.807) is 18.4 Å². The van der Waals surface area contributed by atoms with Gasteiger partial charge in [0.25, 0.3) is 0 Å². The number of hydrogen-bond acceptors (Lipinski definition) is 7. The van der Waals surface area contributed by atoms with E-state index in [2.05, 4.69) is 4.90 Å². The van der Waals surface area contributed by atoms with E-state index in [-0.39, 0.29) is 11.8 Å². The topological polar surface area (TPSA) is 87.2 Å². The number of hydrogen-bond donors (Lipinski definition) is 1. The zero-order chi connectivity index (χ0) is 22.0. The first-order valence-electron chi connectivity index (χ1n) is 10.1. The first-order chi connectivity index (χ1) is 15.0. The maximum absolute atomic E-state index is 13.7. The van der Waals surface area contributed by atoms with Gasteiger partial charge in [-0.15, -0.1) is 0 Å². The van der Waals surface area contributed by atoms with Crippen LogP contribution in [-0.2, 0) is 0 Å². The fourth-order valence-corrected chi connectivity index (χ4v) is 3.96. The van der Waals surface area contributed by atoms with E-state index >= 15 is 0 Å². The van der Waals surface area contributed by atoms with Crippen LogP contribution in [0.1, 0.15) is 22.3 Å². The molecule has 1 aliphatic heterocycles. The molecule has 0 saturated carbocycles. The van der Waals surface area contributed by atoms with E-state index in [9.17, 15) is 4.79 Å². The molecule has 162 valence electrons. The minimum Gasteiger partial charge on any atom is -0.493 e. The van der Waals surface area contributed by atoms with Crippen LogP contribution in [0.15, 0.2) is 53.1 Å². The number of carbonyl (C=O) groups excluding carboxylic acids is 1. The molecule has 2 N–H and O–H groups in total. The Labute approximate surface area is 181 Å². The van der Waals surface area contributed by atoms with Crippen LogP contribution in [-0.4, -0.2) is 46.2 Å². The van der Waals surface area contributed by atoms with Gasteiger partial charge in [-0.25, -0.2) is 0 Å². The molecular formula is C24H26N2O5. The zero-order valence-electron chi connectivity index (χ0n) is 17.9. The number of nitrogens with two attached hydrogens (primary N) is 1. The van der Waals surface area contributed by atoms with Gasteiger partial charge in [-0.1, -0.05) is 0 Å². The third kappa shape index (κ3) is 3.96. The highest BCUT2D eigenvalue weighted by atomic mass is 16.5. The molecule has 2 aromatic carbocycles. The molecule has 0 amide bonds.